The summed E-state index contributed by atoms with van der Waals surface area (Å²) < 4.78 is 23.5. The van der Waals surface area contributed by atoms with Gasteiger partial charge in [-0.2, -0.15) is 0 Å². The Bertz CT molecular complexity index is 1570. The number of carbonyl (C=O) groups excluding carboxylic acids is 2. The molecule has 0 unspecified atom stereocenters. The number of benzene rings is 2. The summed E-state index contributed by atoms with van der Waals surface area (Å²) in [5.74, 6) is 0.113. The second-order valence-corrected chi connectivity index (χ2v) is 9.44. The molecule has 0 amide bonds. The van der Waals surface area contributed by atoms with Crippen LogP contribution < -0.4 is 24.4 Å². The Balaban J connectivity index is 1.77. The fourth-order valence-corrected chi connectivity index (χ4v) is 5.28. The summed E-state index contributed by atoms with van der Waals surface area (Å²) in [4.78, 5) is 43.5. The lowest BCUT2D eigenvalue weighted by Crippen LogP contribution is -2.40. The fourth-order valence-electron chi connectivity index (χ4n) is 4.24. The highest BCUT2D eigenvalue weighted by atomic mass is 32.1. The minimum absolute atomic E-state index is 0.183. The van der Waals surface area contributed by atoms with Crippen molar-refractivity contribution in [2.75, 3.05) is 26.4 Å². The Morgan fingerprint density at radius 1 is 0.974 bits per heavy atom. The topological polar surface area (TPSA) is 105 Å². The van der Waals surface area contributed by atoms with Crippen LogP contribution in [0.15, 0.2) is 69.6 Å². The first-order valence-corrected chi connectivity index (χ1v) is 13.5. The maximum absolute atomic E-state index is 13.8. The number of fused-ring (bicyclic) bond motifs is 1. The number of allylic oxidation sites excluding steroid dienone is 1. The van der Waals surface area contributed by atoms with Gasteiger partial charge in [0.05, 0.1) is 35.6 Å². The first-order chi connectivity index (χ1) is 18.9. The predicted octanol–water partition coefficient (Wildman–Crippen LogP) is 3.14. The molecule has 2 heterocycles. The second-order valence-electron chi connectivity index (χ2n) is 8.44. The molecule has 1 aliphatic heterocycles. The molecule has 10 heteroatoms. The standard InChI is InChI=1S/C29H30N2O7S/c1-5-35-22-11-9-8-10-21(22)26-25(28(34)37-7-3)18(4)30-29-31(26)27(33)23(39-29)16-19-12-14-20(15-13-19)38-17-24(32)36-6-2/h8-16,26H,5-7,17H2,1-4H3/b23-16-/t26-/m0/s1. The average molecular weight is 551 g/mol. The predicted molar refractivity (Wildman–Crippen MR) is 147 cm³/mol. The van der Waals surface area contributed by atoms with Gasteiger partial charge >= 0.3 is 11.9 Å². The molecule has 1 atom stereocenters. The van der Waals surface area contributed by atoms with Crippen LogP contribution in [-0.4, -0.2) is 42.9 Å². The van der Waals surface area contributed by atoms with Crippen LogP contribution >= 0.6 is 11.3 Å². The number of ether oxygens (including phenoxy) is 4. The number of nitrogens with zero attached hydrogens (tertiary/aromatic N) is 2. The Labute approximate surface area is 229 Å². The number of hydrogen-bond donors (Lipinski definition) is 0. The molecule has 0 saturated heterocycles. The van der Waals surface area contributed by atoms with E-state index in [1.165, 1.54) is 15.9 Å². The third-order valence-corrected chi connectivity index (χ3v) is 6.85. The lowest BCUT2D eigenvalue weighted by atomic mass is 9.95. The van der Waals surface area contributed by atoms with E-state index in [0.29, 0.717) is 44.3 Å². The van der Waals surface area contributed by atoms with Crippen LogP contribution in [0.4, 0.5) is 0 Å². The highest BCUT2D eigenvalue weighted by Gasteiger charge is 2.35. The smallest absolute Gasteiger partial charge is 0.344 e. The maximum atomic E-state index is 13.8. The van der Waals surface area contributed by atoms with E-state index in [1.54, 1.807) is 51.1 Å². The molecule has 0 fully saturated rings. The second kappa shape index (κ2) is 12.6. The Kier molecular flexibility index (Phi) is 8.98. The van der Waals surface area contributed by atoms with Gasteiger partial charge in [0, 0.05) is 5.56 Å². The van der Waals surface area contributed by atoms with Gasteiger partial charge in [-0.05, 0) is 57.5 Å². The lowest BCUT2D eigenvalue weighted by molar-refractivity contribution is -0.145. The highest BCUT2D eigenvalue weighted by molar-refractivity contribution is 7.07. The summed E-state index contributed by atoms with van der Waals surface area (Å²) in [6.45, 7) is 7.82. The number of aromatic nitrogens is 1. The zero-order chi connectivity index (χ0) is 27.9. The molecule has 1 aromatic heterocycles. The zero-order valence-corrected chi connectivity index (χ0v) is 23.1. The summed E-state index contributed by atoms with van der Waals surface area (Å²) in [6.07, 6.45) is 1.76. The van der Waals surface area contributed by atoms with Gasteiger partial charge in [-0.3, -0.25) is 9.36 Å². The molecule has 0 radical (unpaired) electrons. The van der Waals surface area contributed by atoms with Gasteiger partial charge in [-0.15, -0.1) is 0 Å². The number of hydrogen-bond acceptors (Lipinski definition) is 9. The van der Waals surface area contributed by atoms with Gasteiger partial charge in [0.2, 0.25) is 0 Å². The number of thiazole rings is 1. The molecule has 0 bridgehead atoms. The zero-order valence-electron chi connectivity index (χ0n) is 22.3. The van der Waals surface area contributed by atoms with E-state index in [4.69, 9.17) is 18.9 Å². The van der Waals surface area contributed by atoms with E-state index in [1.807, 2.05) is 31.2 Å². The van der Waals surface area contributed by atoms with E-state index in [0.717, 1.165) is 5.56 Å². The molecule has 3 aromatic rings. The Morgan fingerprint density at radius 3 is 2.38 bits per heavy atom. The number of para-hydroxylation sites is 1. The third-order valence-electron chi connectivity index (χ3n) is 5.87. The summed E-state index contributed by atoms with van der Waals surface area (Å²) in [5.41, 5.74) is 1.93. The van der Waals surface area contributed by atoms with Gasteiger partial charge in [0.15, 0.2) is 11.4 Å². The summed E-state index contributed by atoms with van der Waals surface area (Å²) in [5, 5.41) is 0. The molecule has 9 nitrogen and oxygen atoms in total. The van der Waals surface area contributed by atoms with Crippen LogP contribution in [0.2, 0.25) is 0 Å². The van der Waals surface area contributed by atoms with Crippen molar-refractivity contribution >= 4 is 29.4 Å². The van der Waals surface area contributed by atoms with Crippen LogP contribution in [0.25, 0.3) is 6.08 Å². The average Bonchev–Trinajstić information content (AvgIpc) is 3.22. The van der Waals surface area contributed by atoms with Crippen molar-refractivity contribution in [1.29, 1.82) is 0 Å². The molecule has 0 N–H and O–H groups in total. The van der Waals surface area contributed by atoms with E-state index in [9.17, 15) is 14.4 Å². The minimum atomic E-state index is -0.760. The number of carbonyl (C=O) groups is 2. The molecule has 0 spiro atoms. The van der Waals surface area contributed by atoms with Gasteiger partial charge in [-0.1, -0.05) is 41.7 Å². The van der Waals surface area contributed by atoms with Crippen LogP contribution in [-0.2, 0) is 19.1 Å². The van der Waals surface area contributed by atoms with Gasteiger partial charge in [-0.25, -0.2) is 14.6 Å². The molecule has 39 heavy (non-hydrogen) atoms. The Morgan fingerprint density at radius 2 is 1.69 bits per heavy atom. The molecule has 0 aliphatic carbocycles. The van der Waals surface area contributed by atoms with Crippen LogP contribution in [0.5, 0.6) is 11.5 Å². The Hall–Kier alpha value is -4.18. The number of rotatable bonds is 10. The van der Waals surface area contributed by atoms with Crippen molar-refractivity contribution in [3.8, 4) is 11.5 Å². The van der Waals surface area contributed by atoms with Crippen molar-refractivity contribution < 1.29 is 28.5 Å². The van der Waals surface area contributed by atoms with Gasteiger partial charge < -0.3 is 18.9 Å². The first kappa shape index (κ1) is 27.8. The fraction of sp³-hybridized carbons (Fsp3) is 0.310. The molecule has 2 aromatic carbocycles. The van der Waals surface area contributed by atoms with E-state index in [2.05, 4.69) is 4.99 Å². The first-order valence-electron chi connectivity index (χ1n) is 12.7. The monoisotopic (exact) mass is 550 g/mol. The molecule has 0 saturated carbocycles. The van der Waals surface area contributed by atoms with Crippen molar-refractivity contribution in [2.24, 2.45) is 4.99 Å². The van der Waals surface area contributed by atoms with Crippen LogP contribution in [0.1, 0.15) is 44.9 Å². The molecular formula is C29H30N2O7S. The van der Waals surface area contributed by atoms with Crippen molar-refractivity contribution in [3.63, 3.8) is 0 Å². The minimum Gasteiger partial charge on any atom is -0.494 e. The van der Waals surface area contributed by atoms with Crippen LogP contribution in [0.3, 0.4) is 0 Å². The summed E-state index contributed by atoms with van der Waals surface area (Å²) >= 11 is 1.24. The quantitative estimate of drug-likeness (QED) is 0.357. The summed E-state index contributed by atoms with van der Waals surface area (Å²) in [6, 6.07) is 13.6. The normalized spacial score (nSPS) is 14.9. The van der Waals surface area contributed by atoms with E-state index in [-0.39, 0.29) is 25.4 Å². The summed E-state index contributed by atoms with van der Waals surface area (Å²) in [7, 11) is 0. The molecule has 1 aliphatic rings. The largest absolute Gasteiger partial charge is 0.494 e. The molecule has 4 rings (SSSR count). The van der Waals surface area contributed by atoms with Crippen LogP contribution in [0, 0.1) is 0 Å². The van der Waals surface area contributed by atoms with Crippen molar-refractivity contribution in [2.45, 2.75) is 33.7 Å². The van der Waals surface area contributed by atoms with E-state index >= 15 is 0 Å². The lowest BCUT2D eigenvalue weighted by Gasteiger charge is -2.26. The van der Waals surface area contributed by atoms with Crippen molar-refractivity contribution in [3.05, 3.63) is 90.6 Å². The van der Waals surface area contributed by atoms with Gasteiger partial charge in [0.1, 0.15) is 17.5 Å². The van der Waals surface area contributed by atoms with E-state index < -0.39 is 18.0 Å². The highest BCUT2D eigenvalue weighted by Crippen LogP contribution is 2.35. The maximum Gasteiger partial charge on any atom is 0.344 e. The molecule has 204 valence electrons. The number of esters is 2. The third kappa shape index (κ3) is 6.12. The SMILES string of the molecule is CCOC(=O)COc1ccc(/C=c2\sc3n(c2=O)[C@@H](c2ccccc2OCC)C(C(=O)OCC)=C(C)N=3)cc1. The van der Waals surface area contributed by atoms with Crippen molar-refractivity contribution in [1.82, 2.24) is 4.57 Å². The van der Waals surface area contributed by atoms with Gasteiger partial charge in [0.25, 0.3) is 5.56 Å². The molecular weight excluding hydrogens is 520 g/mol.